The molecule has 1 aromatic carbocycles. The van der Waals surface area contributed by atoms with Gasteiger partial charge >= 0.3 is 6.18 Å². The van der Waals surface area contributed by atoms with Crippen LogP contribution in [0.25, 0.3) is 0 Å². The second kappa shape index (κ2) is 10.00. The van der Waals surface area contributed by atoms with Gasteiger partial charge in [0.15, 0.2) is 0 Å². The highest BCUT2D eigenvalue weighted by atomic mass is 19.4. The Balaban J connectivity index is 1.44. The van der Waals surface area contributed by atoms with E-state index < -0.39 is 17.8 Å². The summed E-state index contributed by atoms with van der Waals surface area (Å²) in [6.45, 7) is 3.20. The first-order valence-electron chi connectivity index (χ1n) is 10.1. The zero-order valence-electron chi connectivity index (χ0n) is 17.5. The Labute approximate surface area is 179 Å². The number of amides is 1. The van der Waals surface area contributed by atoms with E-state index in [4.69, 9.17) is 9.47 Å². The number of ether oxygens (including phenoxy) is 2. The molecule has 9 heteroatoms. The Morgan fingerprint density at radius 2 is 2.00 bits per heavy atom. The number of carbonyl (C=O) groups excluding carboxylic acids is 1. The Morgan fingerprint density at radius 1 is 1.26 bits per heavy atom. The number of alkyl halides is 3. The van der Waals surface area contributed by atoms with E-state index in [1.165, 1.54) is 6.07 Å². The molecule has 0 saturated carbocycles. The van der Waals surface area contributed by atoms with Crippen LogP contribution in [-0.4, -0.2) is 43.2 Å². The van der Waals surface area contributed by atoms with E-state index in [1.54, 1.807) is 14.0 Å². The summed E-state index contributed by atoms with van der Waals surface area (Å²) in [6, 6.07) is 9.87. The number of piperidine rings is 1. The molecule has 1 fully saturated rings. The third-order valence-corrected chi connectivity index (χ3v) is 5.24. The van der Waals surface area contributed by atoms with Crippen LogP contribution in [0.4, 0.5) is 19.0 Å². The number of rotatable bonds is 7. The van der Waals surface area contributed by atoms with Crippen LogP contribution in [0, 0.1) is 0 Å². The van der Waals surface area contributed by atoms with Crippen molar-refractivity contribution in [3.05, 3.63) is 53.7 Å². The van der Waals surface area contributed by atoms with Crippen molar-refractivity contribution in [2.45, 2.75) is 44.7 Å². The van der Waals surface area contributed by atoms with Gasteiger partial charge in [-0.05, 0) is 49.6 Å². The Bertz CT molecular complexity index is 866. The predicted molar refractivity (Wildman–Crippen MR) is 110 cm³/mol. The number of nitrogens with one attached hydrogen (secondary N) is 1. The Hall–Kier alpha value is -2.81. The topological polar surface area (TPSA) is 63.7 Å². The van der Waals surface area contributed by atoms with E-state index in [-0.39, 0.29) is 11.9 Å². The molecule has 1 aromatic heterocycles. The molecule has 1 aliphatic heterocycles. The van der Waals surface area contributed by atoms with E-state index in [1.807, 2.05) is 29.2 Å². The van der Waals surface area contributed by atoms with E-state index in [2.05, 4.69) is 10.3 Å². The number of nitrogens with zero attached hydrogens (tertiary/aromatic N) is 2. The first-order chi connectivity index (χ1) is 14.8. The average molecular weight is 437 g/mol. The maximum atomic E-state index is 12.7. The predicted octanol–water partition coefficient (Wildman–Crippen LogP) is 3.80. The van der Waals surface area contributed by atoms with E-state index in [9.17, 15) is 18.0 Å². The molecule has 0 spiro atoms. The summed E-state index contributed by atoms with van der Waals surface area (Å²) in [7, 11) is 1.59. The fourth-order valence-electron chi connectivity index (χ4n) is 3.37. The summed E-state index contributed by atoms with van der Waals surface area (Å²) >= 11 is 0. The SMILES string of the molecule is COc1cccc(COC(C)C(=O)NC2CCN(c3ccc(C(F)(F)F)cn3)CC2)c1. The molecular weight excluding hydrogens is 411 g/mol. The molecule has 0 bridgehead atoms. The van der Waals surface area contributed by atoms with E-state index >= 15 is 0 Å². The third-order valence-electron chi connectivity index (χ3n) is 5.24. The molecular formula is C22H26F3N3O3. The maximum absolute atomic E-state index is 12.7. The largest absolute Gasteiger partial charge is 0.497 e. The molecule has 2 heterocycles. The van der Waals surface area contributed by atoms with E-state index in [0.29, 0.717) is 38.4 Å². The molecule has 31 heavy (non-hydrogen) atoms. The van der Waals surface area contributed by atoms with Crippen molar-refractivity contribution in [1.29, 1.82) is 0 Å². The van der Waals surface area contributed by atoms with Crippen molar-refractivity contribution in [3.63, 3.8) is 0 Å². The molecule has 1 aliphatic rings. The van der Waals surface area contributed by atoms with Crippen LogP contribution >= 0.6 is 0 Å². The number of methoxy groups -OCH3 is 1. The minimum atomic E-state index is -4.39. The Morgan fingerprint density at radius 3 is 2.61 bits per heavy atom. The van der Waals surface area contributed by atoms with Gasteiger partial charge in [0.05, 0.1) is 19.3 Å². The smallest absolute Gasteiger partial charge is 0.417 e. The molecule has 0 aliphatic carbocycles. The lowest BCUT2D eigenvalue weighted by molar-refractivity contribution is -0.137. The van der Waals surface area contributed by atoms with Gasteiger partial charge in [-0.3, -0.25) is 4.79 Å². The van der Waals surface area contributed by atoms with Gasteiger partial charge in [-0.15, -0.1) is 0 Å². The number of benzene rings is 1. The molecule has 1 atom stereocenters. The molecule has 1 amide bonds. The van der Waals surface area contributed by atoms with Gasteiger partial charge in [0.1, 0.15) is 17.7 Å². The van der Waals surface area contributed by atoms with Gasteiger partial charge in [0, 0.05) is 25.3 Å². The summed E-state index contributed by atoms with van der Waals surface area (Å²) in [5, 5.41) is 2.99. The molecule has 3 rings (SSSR count). The van der Waals surface area contributed by atoms with Crippen LogP contribution in [0.3, 0.4) is 0 Å². The van der Waals surface area contributed by atoms with Crippen LogP contribution in [0.15, 0.2) is 42.6 Å². The lowest BCUT2D eigenvalue weighted by atomic mass is 10.0. The second-order valence-corrected chi connectivity index (χ2v) is 7.48. The van der Waals surface area contributed by atoms with Crippen LogP contribution in [-0.2, 0) is 22.3 Å². The fraction of sp³-hybridized carbons (Fsp3) is 0.455. The molecule has 1 N–H and O–H groups in total. The summed E-state index contributed by atoms with van der Waals surface area (Å²) in [5.74, 6) is 1.05. The molecule has 0 radical (unpaired) electrons. The monoisotopic (exact) mass is 437 g/mol. The van der Waals surface area contributed by atoms with Crippen LogP contribution in [0.2, 0.25) is 0 Å². The molecule has 1 saturated heterocycles. The summed E-state index contributed by atoms with van der Waals surface area (Å²) in [6.07, 6.45) is -2.80. The average Bonchev–Trinajstić information content (AvgIpc) is 2.77. The minimum absolute atomic E-state index is 0.0129. The van der Waals surface area contributed by atoms with Crippen LogP contribution < -0.4 is 15.0 Å². The lowest BCUT2D eigenvalue weighted by Crippen LogP contribution is -2.47. The normalized spacial score (nSPS) is 16.1. The number of carbonyl (C=O) groups is 1. The first-order valence-corrected chi connectivity index (χ1v) is 10.1. The third kappa shape index (κ3) is 6.33. The minimum Gasteiger partial charge on any atom is -0.497 e. The first kappa shape index (κ1) is 22.9. The quantitative estimate of drug-likeness (QED) is 0.714. The highest BCUT2D eigenvalue weighted by molar-refractivity contribution is 5.80. The molecule has 2 aromatic rings. The highest BCUT2D eigenvalue weighted by Crippen LogP contribution is 2.29. The zero-order chi connectivity index (χ0) is 22.4. The number of aromatic nitrogens is 1. The van der Waals surface area contributed by atoms with Gasteiger partial charge < -0.3 is 19.7 Å². The summed E-state index contributed by atoms with van der Waals surface area (Å²) in [5.41, 5.74) is 0.151. The van der Waals surface area contributed by atoms with Crippen LogP contribution in [0.5, 0.6) is 5.75 Å². The van der Waals surface area contributed by atoms with Crippen molar-refractivity contribution in [2.75, 3.05) is 25.1 Å². The number of hydrogen-bond acceptors (Lipinski definition) is 5. The van der Waals surface area contributed by atoms with Gasteiger partial charge in [0.2, 0.25) is 5.91 Å². The van der Waals surface area contributed by atoms with Gasteiger partial charge in [-0.25, -0.2) is 4.98 Å². The maximum Gasteiger partial charge on any atom is 0.417 e. The lowest BCUT2D eigenvalue weighted by Gasteiger charge is -2.33. The van der Waals surface area contributed by atoms with Gasteiger partial charge in [-0.1, -0.05) is 12.1 Å². The molecule has 6 nitrogen and oxygen atoms in total. The van der Waals surface area contributed by atoms with Crippen molar-refractivity contribution in [3.8, 4) is 5.75 Å². The number of anilines is 1. The fourth-order valence-corrected chi connectivity index (χ4v) is 3.37. The van der Waals surface area contributed by atoms with Crippen molar-refractivity contribution in [2.24, 2.45) is 0 Å². The van der Waals surface area contributed by atoms with Gasteiger partial charge in [0.25, 0.3) is 0 Å². The number of halogens is 3. The summed E-state index contributed by atoms with van der Waals surface area (Å²) in [4.78, 5) is 18.3. The highest BCUT2D eigenvalue weighted by Gasteiger charge is 2.31. The zero-order valence-corrected chi connectivity index (χ0v) is 17.5. The van der Waals surface area contributed by atoms with Gasteiger partial charge in [-0.2, -0.15) is 13.2 Å². The van der Waals surface area contributed by atoms with Crippen molar-refractivity contribution < 1.29 is 27.4 Å². The second-order valence-electron chi connectivity index (χ2n) is 7.48. The van der Waals surface area contributed by atoms with Crippen LogP contribution in [0.1, 0.15) is 30.9 Å². The standard InChI is InChI=1S/C22H26F3N3O3/c1-15(31-14-16-4-3-5-19(12-16)30-2)21(29)27-18-8-10-28(11-9-18)20-7-6-17(13-26-20)22(23,24)25/h3-7,12-13,15,18H,8-11,14H2,1-2H3,(H,27,29). The van der Waals surface area contributed by atoms with E-state index in [0.717, 1.165) is 23.6 Å². The Kier molecular flexibility index (Phi) is 7.37. The van der Waals surface area contributed by atoms with Crippen molar-refractivity contribution in [1.82, 2.24) is 10.3 Å². The number of hydrogen-bond donors (Lipinski definition) is 1. The number of pyridine rings is 1. The van der Waals surface area contributed by atoms with Crippen molar-refractivity contribution >= 4 is 11.7 Å². The molecule has 168 valence electrons. The summed E-state index contributed by atoms with van der Waals surface area (Å²) < 4.78 is 48.9. The molecule has 1 unspecified atom stereocenters.